The lowest BCUT2D eigenvalue weighted by molar-refractivity contribution is -0.146. The molecule has 1 atom stereocenters. The Bertz CT molecular complexity index is 396. The molecule has 0 aromatic carbocycles. The Morgan fingerprint density at radius 1 is 1.20 bits per heavy atom. The summed E-state index contributed by atoms with van der Waals surface area (Å²) < 4.78 is 37.6. The highest BCUT2D eigenvalue weighted by Gasteiger charge is 2.44. The number of likely N-dealkylation sites (tertiary alicyclic amines) is 1. The Hall–Kier alpha value is -1.47. The molecule has 0 aromatic rings. The van der Waals surface area contributed by atoms with Crippen molar-refractivity contribution in [3.8, 4) is 0 Å². The number of carbonyl (C=O) groups excluding carboxylic acids is 1. The van der Waals surface area contributed by atoms with Crippen LogP contribution in [0.15, 0.2) is 0 Å². The molecule has 1 heterocycles. The summed E-state index contributed by atoms with van der Waals surface area (Å²) in [7, 11) is 0. The van der Waals surface area contributed by atoms with Crippen molar-refractivity contribution in [3.05, 3.63) is 0 Å². The summed E-state index contributed by atoms with van der Waals surface area (Å²) in [4.78, 5) is 25.2. The SMILES string of the molecule is O=C(O)C1CCCCN1C(=O)N(CC(F)(F)F)C1CC1. The number of halogens is 3. The van der Waals surface area contributed by atoms with Crippen molar-refractivity contribution < 1.29 is 27.9 Å². The maximum Gasteiger partial charge on any atom is 0.406 e. The average molecular weight is 294 g/mol. The van der Waals surface area contributed by atoms with Gasteiger partial charge in [0.25, 0.3) is 0 Å². The molecule has 2 rings (SSSR count). The van der Waals surface area contributed by atoms with E-state index in [0.29, 0.717) is 32.1 Å². The van der Waals surface area contributed by atoms with Crippen molar-refractivity contribution in [3.63, 3.8) is 0 Å². The van der Waals surface area contributed by atoms with E-state index in [9.17, 15) is 22.8 Å². The molecular formula is C12H17F3N2O3. The molecule has 114 valence electrons. The number of aliphatic carboxylic acids is 1. The highest BCUT2D eigenvalue weighted by atomic mass is 19.4. The minimum absolute atomic E-state index is 0.205. The summed E-state index contributed by atoms with van der Waals surface area (Å²) >= 11 is 0. The maximum absolute atomic E-state index is 12.5. The lowest BCUT2D eigenvalue weighted by Gasteiger charge is -2.37. The van der Waals surface area contributed by atoms with Gasteiger partial charge in [-0.15, -0.1) is 0 Å². The third-order valence-electron chi connectivity index (χ3n) is 3.62. The van der Waals surface area contributed by atoms with Crippen LogP contribution in [0.4, 0.5) is 18.0 Å². The fourth-order valence-electron chi connectivity index (χ4n) is 2.51. The van der Waals surface area contributed by atoms with E-state index in [1.54, 1.807) is 0 Å². The second-order valence-electron chi connectivity index (χ2n) is 5.30. The third kappa shape index (κ3) is 3.55. The second kappa shape index (κ2) is 5.49. The molecule has 20 heavy (non-hydrogen) atoms. The van der Waals surface area contributed by atoms with Crippen molar-refractivity contribution in [2.45, 2.75) is 50.4 Å². The minimum atomic E-state index is -4.47. The van der Waals surface area contributed by atoms with Crippen LogP contribution in [-0.2, 0) is 4.79 Å². The van der Waals surface area contributed by atoms with Crippen molar-refractivity contribution in [1.82, 2.24) is 9.80 Å². The van der Waals surface area contributed by atoms with E-state index in [1.807, 2.05) is 0 Å². The number of piperidine rings is 1. The topological polar surface area (TPSA) is 60.9 Å². The van der Waals surface area contributed by atoms with Gasteiger partial charge in [0.15, 0.2) is 0 Å². The monoisotopic (exact) mass is 294 g/mol. The molecule has 1 saturated heterocycles. The molecule has 0 bridgehead atoms. The molecule has 0 aromatic heterocycles. The molecule has 1 aliphatic carbocycles. The van der Waals surface area contributed by atoms with E-state index in [0.717, 1.165) is 9.80 Å². The van der Waals surface area contributed by atoms with Gasteiger partial charge in [-0.05, 0) is 32.1 Å². The first-order valence-corrected chi connectivity index (χ1v) is 6.66. The first-order valence-electron chi connectivity index (χ1n) is 6.66. The summed E-state index contributed by atoms with van der Waals surface area (Å²) in [5.74, 6) is -1.15. The largest absolute Gasteiger partial charge is 0.480 e. The predicted molar refractivity (Wildman–Crippen MR) is 63.2 cm³/mol. The van der Waals surface area contributed by atoms with Crippen molar-refractivity contribution in [1.29, 1.82) is 0 Å². The Balaban J connectivity index is 2.11. The number of rotatable bonds is 3. The van der Waals surface area contributed by atoms with Crippen LogP contribution in [-0.4, -0.2) is 58.3 Å². The number of alkyl halides is 3. The highest BCUT2D eigenvalue weighted by molar-refractivity contribution is 5.83. The van der Waals surface area contributed by atoms with Gasteiger partial charge >= 0.3 is 18.2 Å². The molecule has 1 unspecified atom stereocenters. The van der Waals surface area contributed by atoms with Gasteiger partial charge in [-0.2, -0.15) is 13.2 Å². The number of carbonyl (C=O) groups is 2. The number of nitrogens with zero attached hydrogens (tertiary/aromatic N) is 2. The molecule has 1 saturated carbocycles. The number of hydrogen-bond acceptors (Lipinski definition) is 2. The fraction of sp³-hybridized carbons (Fsp3) is 0.833. The molecule has 1 aliphatic heterocycles. The van der Waals surface area contributed by atoms with Crippen molar-refractivity contribution >= 4 is 12.0 Å². The van der Waals surface area contributed by atoms with Crippen LogP contribution in [0.5, 0.6) is 0 Å². The Kier molecular flexibility index (Phi) is 4.10. The molecule has 0 radical (unpaired) electrons. The summed E-state index contributed by atoms with van der Waals surface area (Å²) in [5.41, 5.74) is 0. The van der Waals surface area contributed by atoms with Crippen LogP contribution in [0, 0.1) is 0 Å². The highest BCUT2D eigenvalue weighted by Crippen LogP contribution is 2.32. The Morgan fingerprint density at radius 2 is 1.85 bits per heavy atom. The van der Waals surface area contributed by atoms with Gasteiger partial charge in [0, 0.05) is 12.6 Å². The van der Waals surface area contributed by atoms with Gasteiger partial charge in [0.2, 0.25) is 0 Å². The zero-order valence-electron chi connectivity index (χ0n) is 10.9. The zero-order chi connectivity index (χ0) is 14.9. The number of amides is 2. The van der Waals surface area contributed by atoms with Crippen LogP contribution >= 0.6 is 0 Å². The standard InChI is InChI=1S/C12H17F3N2O3/c13-12(14,15)7-17(8-4-5-8)11(20)16-6-2-1-3-9(16)10(18)19/h8-9H,1-7H2,(H,18,19). The molecule has 2 fully saturated rings. The van der Waals surface area contributed by atoms with E-state index in [-0.39, 0.29) is 6.54 Å². The third-order valence-corrected chi connectivity index (χ3v) is 3.62. The predicted octanol–water partition coefficient (Wildman–Crippen LogP) is 2.07. The van der Waals surface area contributed by atoms with E-state index >= 15 is 0 Å². The van der Waals surface area contributed by atoms with Crippen LogP contribution in [0.2, 0.25) is 0 Å². The molecule has 1 N–H and O–H groups in total. The van der Waals surface area contributed by atoms with Gasteiger partial charge in [0.05, 0.1) is 0 Å². The maximum atomic E-state index is 12.5. The fourth-order valence-corrected chi connectivity index (χ4v) is 2.51. The minimum Gasteiger partial charge on any atom is -0.480 e. The van der Waals surface area contributed by atoms with Crippen LogP contribution in [0.3, 0.4) is 0 Å². The normalized spacial score (nSPS) is 23.6. The van der Waals surface area contributed by atoms with Crippen molar-refractivity contribution in [2.24, 2.45) is 0 Å². The molecule has 5 nitrogen and oxygen atoms in total. The van der Waals surface area contributed by atoms with Crippen LogP contribution < -0.4 is 0 Å². The quantitative estimate of drug-likeness (QED) is 0.867. The number of hydrogen-bond donors (Lipinski definition) is 1. The number of urea groups is 1. The lowest BCUT2D eigenvalue weighted by Crippen LogP contribution is -2.55. The molecule has 2 aliphatic rings. The van der Waals surface area contributed by atoms with E-state index in [4.69, 9.17) is 5.11 Å². The van der Waals surface area contributed by atoms with E-state index < -0.39 is 36.8 Å². The Labute approximate surface area is 114 Å². The molecular weight excluding hydrogens is 277 g/mol. The summed E-state index contributed by atoms with van der Waals surface area (Å²) in [6, 6.07) is -2.21. The van der Waals surface area contributed by atoms with Gasteiger partial charge in [0.1, 0.15) is 12.6 Å². The number of carboxylic acids is 1. The van der Waals surface area contributed by atoms with Gasteiger partial charge in [-0.1, -0.05) is 0 Å². The Morgan fingerprint density at radius 3 is 2.35 bits per heavy atom. The van der Waals surface area contributed by atoms with E-state index in [2.05, 4.69) is 0 Å². The molecule has 8 heteroatoms. The first kappa shape index (κ1) is 14.9. The summed E-state index contributed by atoms with van der Waals surface area (Å²) in [5, 5.41) is 9.09. The number of carboxylic acid groups (broad SMARTS) is 1. The average Bonchev–Trinajstić information content (AvgIpc) is 3.18. The van der Waals surface area contributed by atoms with Gasteiger partial charge in [-0.25, -0.2) is 9.59 Å². The summed E-state index contributed by atoms with van der Waals surface area (Å²) in [6.45, 7) is -1.10. The first-order chi connectivity index (χ1) is 9.29. The van der Waals surface area contributed by atoms with E-state index in [1.165, 1.54) is 0 Å². The lowest BCUT2D eigenvalue weighted by atomic mass is 10.0. The second-order valence-corrected chi connectivity index (χ2v) is 5.30. The van der Waals surface area contributed by atoms with Gasteiger partial charge in [-0.3, -0.25) is 0 Å². The van der Waals surface area contributed by atoms with Gasteiger partial charge < -0.3 is 14.9 Å². The van der Waals surface area contributed by atoms with Crippen LogP contribution in [0.1, 0.15) is 32.1 Å². The van der Waals surface area contributed by atoms with Crippen LogP contribution in [0.25, 0.3) is 0 Å². The van der Waals surface area contributed by atoms with Crippen molar-refractivity contribution in [2.75, 3.05) is 13.1 Å². The molecule has 0 spiro atoms. The smallest absolute Gasteiger partial charge is 0.406 e. The summed E-state index contributed by atoms with van der Waals surface area (Å²) in [6.07, 6.45) is -1.78. The molecule has 2 amide bonds. The zero-order valence-corrected chi connectivity index (χ0v) is 10.9.